The second-order valence-electron chi connectivity index (χ2n) is 7.32. The summed E-state index contributed by atoms with van der Waals surface area (Å²) in [6.07, 6.45) is 0.0524. The molecule has 0 unspecified atom stereocenters. The third-order valence-corrected chi connectivity index (χ3v) is 3.94. The first-order chi connectivity index (χ1) is 13.1. The van der Waals surface area contributed by atoms with Crippen LogP contribution in [-0.4, -0.2) is 53.5 Å². The molecular formula is C20H25NO7. The molecule has 2 rings (SSSR count). The number of likely N-dealkylation sites (tertiary alicyclic amines) is 1. The van der Waals surface area contributed by atoms with Crippen molar-refractivity contribution in [2.45, 2.75) is 52.2 Å². The fourth-order valence-electron chi connectivity index (χ4n) is 2.67. The summed E-state index contributed by atoms with van der Waals surface area (Å²) in [5.41, 5.74) is -0.510. The molecule has 0 aromatic heterocycles. The molecule has 1 heterocycles. The monoisotopic (exact) mass is 391 g/mol. The molecule has 0 bridgehead atoms. The van der Waals surface area contributed by atoms with Gasteiger partial charge in [0.05, 0.1) is 12.6 Å². The molecule has 1 aliphatic heterocycles. The molecule has 0 spiro atoms. The minimum absolute atomic E-state index is 0.107. The number of imide groups is 1. The summed E-state index contributed by atoms with van der Waals surface area (Å²) in [6, 6.07) is 5.57. The second-order valence-corrected chi connectivity index (χ2v) is 7.32. The van der Waals surface area contributed by atoms with Gasteiger partial charge in [0.15, 0.2) is 0 Å². The maximum absolute atomic E-state index is 12.3. The Morgan fingerprint density at radius 2 is 1.79 bits per heavy atom. The highest BCUT2D eigenvalue weighted by Crippen LogP contribution is 2.23. The lowest BCUT2D eigenvalue weighted by molar-refractivity contribution is -0.137. The van der Waals surface area contributed by atoms with Crippen LogP contribution in [0.15, 0.2) is 24.3 Å². The van der Waals surface area contributed by atoms with Crippen molar-refractivity contribution >= 4 is 23.8 Å². The number of rotatable bonds is 6. The highest BCUT2D eigenvalue weighted by Gasteiger charge is 2.38. The Morgan fingerprint density at radius 3 is 2.36 bits per heavy atom. The maximum Gasteiger partial charge on any atom is 0.417 e. The number of Topliss-reactive ketones (excluding diaryl/α,β-unsaturated/α-hetero) is 1. The molecule has 1 aromatic rings. The van der Waals surface area contributed by atoms with E-state index in [0.29, 0.717) is 12.2 Å². The lowest BCUT2D eigenvalue weighted by atomic mass is 10.1. The van der Waals surface area contributed by atoms with Gasteiger partial charge in [0.25, 0.3) is 5.78 Å². The van der Waals surface area contributed by atoms with E-state index in [1.54, 1.807) is 39.8 Å². The largest absolute Gasteiger partial charge is 0.491 e. The quantitative estimate of drug-likeness (QED) is 0.418. The maximum atomic E-state index is 12.3. The lowest BCUT2D eigenvalue weighted by Gasteiger charge is -2.27. The number of carbonyl (C=O) groups excluding carboxylic acids is 4. The molecule has 0 N–H and O–H groups in total. The van der Waals surface area contributed by atoms with Crippen LogP contribution in [0.4, 0.5) is 4.79 Å². The van der Waals surface area contributed by atoms with Crippen molar-refractivity contribution in [3.8, 4) is 5.75 Å². The van der Waals surface area contributed by atoms with Gasteiger partial charge >= 0.3 is 12.1 Å². The van der Waals surface area contributed by atoms with Crippen molar-refractivity contribution in [3.05, 3.63) is 29.8 Å². The summed E-state index contributed by atoms with van der Waals surface area (Å²) in [5, 5.41) is 0. The van der Waals surface area contributed by atoms with Gasteiger partial charge in [-0.15, -0.1) is 0 Å². The zero-order valence-corrected chi connectivity index (χ0v) is 16.5. The average Bonchev–Trinajstić information content (AvgIpc) is 2.99. The zero-order chi connectivity index (χ0) is 20.9. The highest BCUT2D eigenvalue weighted by molar-refractivity contribution is 6.40. The molecule has 0 radical (unpaired) electrons. The number of hydrogen-bond donors (Lipinski definition) is 0. The average molecular weight is 391 g/mol. The van der Waals surface area contributed by atoms with E-state index >= 15 is 0 Å². The summed E-state index contributed by atoms with van der Waals surface area (Å²) in [5.74, 6) is -1.48. The van der Waals surface area contributed by atoms with Crippen LogP contribution in [0.3, 0.4) is 0 Å². The first kappa shape index (κ1) is 21.4. The molecule has 1 fully saturated rings. The van der Waals surface area contributed by atoms with E-state index in [-0.39, 0.29) is 31.1 Å². The van der Waals surface area contributed by atoms with Crippen LogP contribution in [0, 0.1) is 0 Å². The Morgan fingerprint density at radius 1 is 1.14 bits per heavy atom. The molecule has 1 saturated heterocycles. The Balaban J connectivity index is 1.97. The van der Waals surface area contributed by atoms with Crippen LogP contribution >= 0.6 is 0 Å². The molecule has 1 aliphatic rings. The number of esters is 1. The molecule has 8 nitrogen and oxygen atoms in total. The summed E-state index contributed by atoms with van der Waals surface area (Å²) >= 11 is 0. The lowest BCUT2D eigenvalue weighted by Crippen LogP contribution is -2.44. The third kappa shape index (κ3) is 5.55. The predicted octanol–water partition coefficient (Wildman–Crippen LogP) is 2.74. The fraction of sp³-hybridized carbons (Fsp3) is 0.500. The van der Waals surface area contributed by atoms with E-state index in [0.717, 1.165) is 4.90 Å². The van der Waals surface area contributed by atoms with Crippen LogP contribution in [0.1, 0.15) is 50.9 Å². The molecule has 2 amide bonds. The number of amides is 2. The van der Waals surface area contributed by atoms with Gasteiger partial charge in [-0.1, -0.05) is 0 Å². The standard InChI is InChI=1S/C20H25NO7/c1-5-26-18(24)17(23)13-6-9-15(10-7-13)27-12-14-8-11-16(22)21(14)19(25)28-20(2,3)4/h6-7,9-10,14H,5,8,11-12H2,1-4H3/t14-/m0/s1. The van der Waals surface area contributed by atoms with Crippen LogP contribution in [0.25, 0.3) is 0 Å². The molecule has 0 saturated carbocycles. The molecule has 8 heteroatoms. The number of carbonyl (C=O) groups is 4. The Hall–Kier alpha value is -2.90. The van der Waals surface area contributed by atoms with Gasteiger partial charge in [0.2, 0.25) is 5.91 Å². The van der Waals surface area contributed by atoms with Crippen molar-refractivity contribution in [1.29, 1.82) is 0 Å². The minimum atomic E-state index is -0.909. The van der Waals surface area contributed by atoms with Crippen molar-refractivity contribution in [2.75, 3.05) is 13.2 Å². The summed E-state index contributed by atoms with van der Waals surface area (Å²) in [4.78, 5) is 48.8. The van der Waals surface area contributed by atoms with E-state index in [9.17, 15) is 19.2 Å². The van der Waals surface area contributed by atoms with E-state index < -0.39 is 29.5 Å². The van der Waals surface area contributed by atoms with E-state index in [1.165, 1.54) is 12.1 Å². The summed E-state index contributed by atoms with van der Waals surface area (Å²) in [6.45, 7) is 7.05. The molecule has 1 atom stereocenters. The first-order valence-electron chi connectivity index (χ1n) is 9.11. The van der Waals surface area contributed by atoms with Crippen molar-refractivity contribution in [2.24, 2.45) is 0 Å². The number of ketones is 1. The number of ether oxygens (including phenoxy) is 3. The van der Waals surface area contributed by atoms with E-state index in [2.05, 4.69) is 4.74 Å². The Kier molecular flexibility index (Phi) is 6.77. The number of benzene rings is 1. The molecular weight excluding hydrogens is 366 g/mol. The van der Waals surface area contributed by atoms with Gasteiger partial charge in [-0.3, -0.25) is 9.59 Å². The predicted molar refractivity (Wildman–Crippen MR) is 99.0 cm³/mol. The van der Waals surface area contributed by atoms with Crippen LogP contribution in [-0.2, 0) is 19.1 Å². The molecule has 1 aromatic carbocycles. The van der Waals surface area contributed by atoms with Gasteiger partial charge in [-0.25, -0.2) is 14.5 Å². The van der Waals surface area contributed by atoms with Crippen LogP contribution < -0.4 is 4.74 Å². The summed E-state index contributed by atoms with van der Waals surface area (Å²) in [7, 11) is 0. The topological polar surface area (TPSA) is 99.2 Å². The van der Waals surface area contributed by atoms with Gasteiger partial charge in [-0.2, -0.15) is 0 Å². The molecule has 0 aliphatic carbocycles. The van der Waals surface area contributed by atoms with E-state index in [1.807, 2.05) is 0 Å². The summed E-state index contributed by atoms with van der Waals surface area (Å²) < 4.78 is 15.6. The number of nitrogens with zero attached hydrogens (tertiary/aromatic N) is 1. The zero-order valence-electron chi connectivity index (χ0n) is 16.5. The molecule has 152 valence electrons. The van der Waals surface area contributed by atoms with Gasteiger partial charge in [0, 0.05) is 12.0 Å². The van der Waals surface area contributed by atoms with Gasteiger partial charge < -0.3 is 14.2 Å². The molecule has 28 heavy (non-hydrogen) atoms. The van der Waals surface area contributed by atoms with Gasteiger partial charge in [-0.05, 0) is 58.4 Å². The Bertz CT molecular complexity index is 749. The SMILES string of the molecule is CCOC(=O)C(=O)c1ccc(OC[C@@H]2CCC(=O)N2C(=O)OC(C)(C)C)cc1. The smallest absolute Gasteiger partial charge is 0.417 e. The second kappa shape index (κ2) is 8.86. The third-order valence-electron chi connectivity index (χ3n) is 3.94. The minimum Gasteiger partial charge on any atom is -0.491 e. The van der Waals surface area contributed by atoms with Crippen LogP contribution in [0.5, 0.6) is 5.75 Å². The van der Waals surface area contributed by atoms with Gasteiger partial charge in [0.1, 0.15) is 18.0 Å². The van der Waals surface area contributed by atoms with Crippen molar-refractivity contribution in [3.63, 3.8) is 0 Å². The normalized spacial score (nSPS) is 16.6. The highest BCUT2D eigenvalue weighted by atomic mass is 16.6. The van der Waals surface area contributed by atoms with Crippen molar-refractivity contribution in [1.82, 2.24) is 4.90 Å². The first-order valence-corrected chi connectivity index (χ1v) is 9.11. The Labute approximate surface area is 163 Å². The van der Waals surface area contributed by atoms with Crippen molar-refractivity contribution < 1.29 is 33.4 Å². The van der Waals surface area contributed by atoms with Crippen LogP contribution in [0.2, 0.25) is 0 Å². The fourth-order valence-corrected chi connectivity index (χ4v) is 2.67. The number of hydrogen-bond acceptors (Lipinski definition) is 7. The van der Waals surface area contributed by atoms with E-state index in [4.69, 9.17) is 9.47 Å².